The van der Waals surface area contributed by atoms with E-state index in [0.29, 0.717) is 24.1 Å². The number of aromatic nitrogens is 1. The fourth-order valence-electron chi connectivity index (χ4n) is 1.98. The fraction of sp³-hybridized carbons (Fsp3) is 0.200. The summed E-state index contributed by atoms with van der Waals surface area (Å²) in [5.41, 5.74) is 2.03. The predicted molar refractivity (Wildman–Crippen MR) is 79.0 cm³/mol. The SMILES string of the molecule is Cc1cc(C#N)ccc1S(=O)(=O)NCCc1ccncc1. The molecule has 0 fully saturated rings. The van der Waals surface area contributed by atoms with Crippen molar-refractivity contribution in [3.8, 4) is 6.07 Å². The van der Waals surface area contributed by atoms with Crippen molar-refractivity contribution >= 4 is 10.0 Å². The highest BCUT2D eigenvalue weighted by atomic mass is 32.2. The van der Waals surface area contributed by atoms with Crippen molar-refractivity contribution in [2.24, 2.45) is 0 Å². The van der Waals surface area contributed by atoms with Crippen molar-refractivity contribution in [2.75, 3.05) is 6.54 Å². The summed E-state index contributed by atoms with van der Waals surface area (Å²) in [6.45, 7) is 1.99. The molecule has 0 unspecified atom stereocenters. The molecule has 0 aliphatic carbocycles. The maximum Gasteiger partial charge on any atom is 0.240 e. The topological polar surface area (TPSA) is 82.8 Å². The first-order valence-corrected chi connectivity index (χ1v) is 7.90. The molecule has 0 atom stereocenters. The average molecular weight is 301 g/mol. The number of rotatable bonds is 5. The Hall–Kier alpha value is -2.23. The Morgan fingerprint density at radius 2 is 1.95 bits per heavy atom. The van der Waals surface area contributed by atoms with Gasteiger partial charge < -0.3 is 0 Å². The van der Waals surface area contributed by atoms with Gasteiger partial charge in [-0.05, 0) is 54.8 Å². The van der Waals surface area contributed by atoms with Gasteiger partial charge in [-0.3, -0.25) is 4.98 Å². The zero-order chi connectivity index (χ0) is 15.3. The van der Waals surface area contributed by atoms with Gasteiger partial charge in [0.2, 0.25) is 10.0 Å². The predicted octanol–water partition coefficient (Wildman–Crippen LogP) is 1.78. The van der Waals surface area contributed by atoms with Crippen molar-refractivity contribution in [1.29, 1.82) is 5.26 Å². The van der Waals surface area contributed by atoms with Gasteiger partial charge in [-0.2, -0.15) is 5.26 Å². The van der Waals surface area contributed by atoms with Crippen LogP contribution in [0.2, 0.25) is 0 Å². The monoisotopic (exact) mass is 301 g/mol. The molecule has 0 spiro atoms. The number of benzene rings is 1. The first kappa shape index (κ1) is 15.2. The van der Waals surface area contributed by atoms with E-state index in [1.54, 1.807) is 25.4 Å². The molecular formula is C15H15N3O2S. The van der Waals surface area contributed by atoms with E-state index in [1.165, 1.54) is 12.1 Å². The third-order valence-corrected chi connectivity index (χ3v) is 4.67. The summed E-state index contributed by atoms with van der Waals surface area (Å²) in [6, 6.07) is 10.2. The quantitative estimate of drug-likeness (QED) is 0.912. The summed E-state index contributed by atoms with van der Waals surface area (Å²) in [7, 11) is -3.56. The highest BCUT2D eigenvalue weighted by Gasteiger charge is 2.16. The van der Waals surface area contributed by atoms with E-state index >= 15 is 0 Å². The lowest BCUT2D eigenvalue weighted by molar-refractivity contribution is 0.581. The maximum atomic E-state index is 12.2. The molecular weight excluding hydrogens is 286 g/mol. The van der Waals surface area contributed by atoms with Crippen LogP contribution in [0.5, 0.6) is 0 Å². The standard InChI is InChI=1S/C15H15N3O2S/c1-12-10-14(11-16)2-3-15(12)21(19,20)18-9-6-13-4-7-17-8-5-13/h2-5,7-8,10,18H,6,9H2,1H3. The highest BCUT2D eigenvalue weighted by molar-refractivity contribution is 7.89. The first-order chi connectivity index (χ1) is 10.0. The molecule has 0 saturated carbocycles. The summed E-state index contributed by atoms with van der Waals surface area (Å²) in [5.74, 6) is 0. The molecule has 0 saturated heterocycles. The Balaban J connectivity index is 2.07. The van der Waals surface area contributed by atoms with Gasteiger partial charge in [0.05, 0.1) is 16.5 Å². The van der Waals surface area contributed by atoms with Crippen molar-refractivity contribution in [3.05, 3.63) is 59.4 Å². The molecule has 2 aromatic rings. The number of hydrogen-bond donors (Lipinski definition) is 1. The number of aryl methyl sites for hydroxylation is 1. The van der Waals surface area contributed by atoms with Crippen LogP contribution in [-0.4, -0.2) is 19.9 Å². The van der Waals surface area contributed by atoms with Gasteiger partial charge in [-0.1, -0.05) is 0 Å². The number of hydrogen-bond acceptors (Lipinski definition) is 4. The van der Waals surface area contributed by atoms with E-state index in [-0.39, 0.29) is 4.90 Å². The molecule has 21 heavy (non-hydrogen) atoms. The van der Waals surface area contributed by atoms with E-state index in [0.717, 1.165) is 5.56 Å². The van der Waals surface area contributed by atoms with E-state index in [4.69, 9.17) is 5.26 Å². The Morgan fingerprint density at radius 1 is 1.24 bits per heavy atom. The molecule has 0 bridgehead atoms. The second-order valence-electron chi connectivity index (χ2n) is 4.60. The van der Waals surface area contributed by atoms with Crippen LogP contribution in [0.3, 0.4) is 0 Å². The van der Waals surface area contributed by atoms with Gasteiger partial charge in [0.1, 0.15) is 0 Å². The van der Waals surface area contributed by atoms with Gasteiger partial charge in [0, 0.05) is 18.9 Å². The molecule has 0 aliphatic rings. The second kappa shape index (κ2) is 6.48. The molecule has 108 valence electrons. The molecule has 6 heteroatoms. The Bertz CT molecular complexity index is 765. The normalized spacial score (nSPS) is 11.0. The zero-order valence-corrected chi connectivity index (χ0v) is 12.4. The van der Waals surface area contributed by atoms with Crippen LogP contribution in [0.1, 0.15) is 16.7 Å². The minimum atomic E-state index is -3.56. The van der Waals surface area contributed by atoms with Gasteiger partial charge in [-0.15, -0.1) is 0 Å². The third-order valence-electron chi connectivity index (χ3n) is 3.05. The Kier molecular flexibility index (Phi) is 4.68. The van der Waals surface area contributed by atoms with Crippen LogP contribution in [0, 0.1) is 18.3 Å². The van der Waals surface area contributed by atoms with Crippen molar-refractivity contribution < 1.29 is 8.42 Å². The van der Waals surface area contributed by atoms with E-state index in [9.17, 15) is 8.42 Å². The number of nitrogens with zero attached hydrogens (tertiary/aromatic N) is 2. The number of nitrogens with one attached hydrogen (secondary N) is 1. The molecule has 0 aliphatic heterocycles. The lowest BCUT2D eigenvalue weighted by atomic mass is 10.2. The van der Waals surface area contributed by atoms with Gasteiger partial charge in [0.15, 0.2) is 0 Å². The number of nitriles is 1. The van der Waals surface area contributed by atoms with Crippen LogP contribution in [-0.2, 0) is 16.4 Å². The molecule has 5 nitrogen and oxygen atoms in total. The molecule has 0 radical (unpaired) electrons. The first-order valence-electron chi connectivity index (χ1n) is 6.42. The molecule has 1 aromatic heterocycles. The van der Waals surface area contributed by atoms with Crippen LogP contribution in [0.25, 0.3) is 0 Å². The minimum Gasteiger partial charge on any atom is -0.265 e. The zero-order valence-electron chi connectivity index (χ0n) is 11.6. The molecule has 1 heterocycles. The third kappa shape index (κ3) is 3.88. The summed E-state index contributed by atoms with van der Waals surface area (Å²) in [6.07, 6.45) is 3.94. The minimum absolute atomic E-state index is 0.205. The summed E-state index contributed by atoms with van der Waals surface area (Å²) >= 11 is 0. The summed E-state index contributed by atoms with van der Waals surface area (Å²) in [5, 5.41) is 8.80. The molecule has 2 rings (SSSR count). The highest BCUT2D eigenvalue weighted by Crippen LogP contribution is 2.16. The van der Waals surface area contributed by atoms with Crippen molar-refractivity contribution in [2.45, 2.75) is 18.2 Å². The maximum absolute atomic E-state index is 12.2. The van der Waals surface area contributed by atoms with Crippen LogP contribution in [0.15, 0.2) is 47.6 Å². The smallest absolute Gasteiger partial charge is 0.240 e. The number of sulfonamides is 1. The van der Waals surface area contributed by atoms with Gasteiger partial charge >= 0.3 is 0 Å². The fourth-order valence-corrected chi connectivity index (χ4v) is 3.23. The van der Waals surface area contributed by atoms with Gasteiger partial charge in [0.25, 0.3) is 0 Å². The average Bonchev–Trinajstić information content (AvgIpc) is 2.47. The van der Waals surface area contributed by atoms with Crippen LogP contribution >= 0.6 is 0 Å². The molecule has 0 amide bonds. The van der Waals surface area contributed by atoms with Crippen LogP contribution in [0.4, 0.5) is 0 Å². The molecule has 1 aromatic carbocycles. The van der Waals surface area contributed by atoms with E-state index < -0.39 is 10.0 Å². The van der Waals surface area contributed by atoms with E-state index in [2.05, 4.69) is 9.71 Å². The largest absolute Gasteiger partial charge is 0.265 e. The van der Waals surface area contributed by atoms with Crippen molar-refractivity contribution in [1.82, 2.24) is 9.71 Å². The van der Waals surface area contributed by atoms with Crippen molar-refractivity contribution in [3.63, 3.8) is 0 Å². The lowest BCUT2D eigenvalue weighted by Gasteiger charge is -2.09. The number of pyridine rings is 1. The summed E-state index contributed by atoms with van der Waals surface area (Å²) < 4.78 is 27.0. The summed E-state index contributed by atoms with van der Waals surface area (Å²) in [4.78, 5) is 4.12. The molecule has 1 N–H and O–H groups in total. The van der Waals surface area contributed by atoms with Gasteiger partial charge in [-0.25, -0.2) is 13.1 Å². The Morgan fingerprint density at radius 3 is 2.57 bits per heavy atom. The van der Waals surface area contributed by atoms with E-state index in [1.807, 2.05) is 18.2 Å². The lowest BCUT2D eigenvalue weighted by Crippen LogP contribution is -2.26. The second-order valence-corrected chi connectivity index (χ2v) is 6.33. The van der Waals surface area contributed by atoms with Crippen LogP contribution < -0.4 is 4.72 Å². The Labute approximate surface area is 124 Å².